The van der Waals surface area contributed by atoms with E-state index in [1.54, 1.807) is 0 Å². The number of nitrogens with zero attached hydrogens (tertiary/aromatic N) is 2. The number of carbonyl (C=O) groups is 2. The van der Waals surface area contributed by atoms with Crippen LogP contribution in [0.25, 0.3) is 0 Å². The number of nitrogens with one attached hydrogen (secondary N) is 2. The smallest absolute Gasteiger partial charge is 0.219 e. The monoisotopic (exact) mass is 651 g/mol. The van der Waals surface area contributed by atoms with Gasteiger partial charge in [-0.1, -0.05) is 136 Å². The highest BCUT2D eigenvalue weighted by Crippen LogP contribution is 2.12. The van der Waals surface area contributed by atoms with Gasteiger partial charge in [0.15, 0.2) is 0 Å². The summed E-state index contributed by atoms with van der Waals surface area (Å²) in [7, 11) is 4.44. The summed E-state index contributed by atoms with van der Waals surface area (Å²) in [4.78, 5) is 29.0. The first-order valence-electron chi connectivity index (χ1n) is 20.4. The molecule has 0 heterocycles. The third-order valence-electron chi connectivity index (χ3n) is 9.42. The molecule has 0 rings (SSSR count). The van der Waals surface area contributed by atoms with Crippen molar-refractivity contribution in [2.75, 3.05) is 53.4 Å². The van der Waals surface area contributed by atoms with Gasteiger partial charge in [-0.25, -0.2) is 0 Å². The predicted octanol–water partition coefficient (Wildman–Crippen LogP) is 10.0. The maximum Gasteiger partial charge on any atom is 0.219 e. The zero-order chi connectivity index (χ0) is 33.8. The third kappa shape index (κ3) is 35.7. The van der Waals surface area contributed by atoms with E-state index in [2.05, 4.69) is 48.4 Å². The lowest BCUT2D eigenvalue weighted by Gasteiger charge is -2.17. The SMILES string of the molecule is CCCCCCCCCCCC(=O)NCCCCN(C)CCCCCCCN(C)CCCNC(=O)CCCCCCCCCCC. The second kappa shape index (κ2) is 36.7. The molecule has 6 nitrogen and oxygen atoms in total. The molecule has 0 aromatic carbocycles. The molecule has 2 N–H and O–H groups in total. The minimum absolute atomic E-state index is 0.236. The van der Waals surface area contributed by atoms with E-state index in [1.165, 1.54) is 141 Å². The van der Waals surface area contributed by atoms with Crippen LogP contribution in [-0.4, -0.2) is 75.0 Å². The van der Waals surface area contributed by atoms with E-state index in [4.69, 9.17) is 0 Å². The minimum Gasteiger partial charge on any atom is -0.356 e. The molecule has 46 heavy (non-hydrogen) atoms. The maximum absolute atomic E-state index is 12.1. The van der Waals surface area contributed by atoms with E-state index in [-0.39, 0.29) is 11.8 Å². The average molecular weight is 651 g/mol. The Morgan fingerprint density at radius 1 is 0.370 bits per heavy atom. The van der Waals surface area contributed by atoms with Crippen molar-refractivity contribution in [1.82, 2.24) is 20.4 Å². The molecule has 0 bridgehead atoms. The Morgan fingerprint density at radius 3 is 1.04 bits per heavy atom. The third-order valence-corrected chi connectivity index (χ3v) is 9.42. The topological polar surface area (TPSA) is 64.7 Å². The summed E-state index contributed by atoms with van der Waals surface area (Å²) >= 11 is 0. The molecule has 0 fully saturated rings. The fraction of sp³-hybridized carbons (Fsp3) is 0.950. The highest BCUT2D eigenvalue weighted by atomic mass is 16.2. The van der Waals surface area contributed by atoms with Gasteiger partial charge in [0, 0.05) is 25.9 Å². The Hall–Kier alpha value is -1.14. The van der Waals surface area contributed by atoms with E-state index in [0.717, 1.165) is 64.8 Å². The molecule has 0 aromatic rings. The van der Waals surface area contributed by atoms with Gasteiger partial charge in [0.25, 0.3) is 0 Å². The fourth-order valence-corrected chi connectivity index (χ4v) is 6.20. The molecule has 0 aliphatic carbocycles. The molecular weight excluding hydrogens is 568 g/mol. The largest absolute Gasteiger partial charge is 0.356 e. The van der Waals surface area contributed by atoms with Gasteiger partial charge in [0.1, 0.15) is 0 Å². The lowest BCUT2D eigenvalue weighted by molar-refractivity contribution is -0.122. The lowest BCUT2D eigenvalue weighted by atomic mass is 10.1. The van der Waals surface area contributed by atoms with Crippen LogP contribution in [0.1, 0.15) is 194 Å². The van der Waals surface area contributed by atoms with Gasteiger partial charge in [0.2, 0.25) is 11.8 Å². The molecule has 2 amide bonds. The van der Waals surface area contributed by atoms with E-state index in [1.807, 2.05) is 0 Å². The summed E-state index contributed by atoms with van der Waals surface area (Å²) in [6, 6.07) is 0. The van der Waals surface area contributed by atoms with Crippen molar-refractivity contribution in [2.45, 2.75) is 194 Å². The van der Waals surface area contributed by atoms with Crippen molar-refractivity contribution in [3.63, 3.8) is 0 Å². The molecule has 0 atom stereocenters. The first-order valence-corrected chi connectivity index (χ1v) is 20.4. The number of rotatable bonds is 37. The van der Waals surface area contributed by atoms with Crippen molar-refractivity contribution in [3.05, 3.63) is 0 Å². The molecule has 0 aromatic heterocycles. The van der Waals surface area contributed by atoms with Crippen LogP contribution in [0.5, 0.6) is 0 Å². The second-order valence-electron chi connectivity index (χ2n) is 14.3. The van der Waals surface area contributed by atoms with E-state index >= 15 is 0 Å². The predicted molar refractivity (Wildman–Crippen MR) is 202 cm³/mol. The summed E-state index contributed by atoms with van der Waals surface area (Å²) in [5.41, 5.74) is 0. The Morgan fingerprint density at radius 2 is 0.652 bits per heavy atom. The molecule has 0 unspecified atom stereocenters. The molecule has 0 saturated carbocycles. The zero-order valence-corrected chi connectivity index (χ0v) is 31.8. The van der Waals surface area contributed by atoms with E-state index in [0.29, 0.717) is 12.8 Å². The van der Waals surface area contributed by atoms with Crippen molar-refractivity contribution < 1.29 is 9.59 Å². The summed E-state index contributed by atoms with van der Waals surface area (Å²) < 4.78 is 0. The van der Waals surface area contributed by atoms with Crippen molar-refractivity contribution in [1.29, 1.82) is 0 Å². The summed E-state index contributed by atoms with van der Waals surface area (Å²) in [6.45, 7) is 10.7. The van der Waals surface area contributed by atoms with Gasteiger partial charge in [-0.2, -0.15) is 0 Å². The molecule has 0 radical (unpaired) electrons. The van der Waals surface area contributed by atoms with Gasteiger partial charge < -0.3 is 20.4 Å². The zero-order valence-electron chi connectivity index (χ0n) is 31.8. The number of carbonyl (C=O) groups excluding carboxylic acids is 2. The number of unbranched alkanes of at least 4 members (excludes halogenated alkanes) is 21. The number of hydrogen-bond donors (Lipinski definition) is 2. The van der Waals surface area contributed by atoms with Crippen LogP contribution in [0.15, 0.2) is 0 Å². The van der Waals surface area contributed by atoms with E-state index in [9.17, 15) is 9.59 Å². The average Bonchev–Trinajstić information content (AvgIpc) is 3.04. The molecule has 0 aliphatic heterocycles. The highest BCUT2D eigenvalue weighted by Gasteiger charge is 2.04. The Kier molecular flexibility index (Phi) is 35.8. The maximum atomic E-state index is 12.1. The molecule has 0 aliphatic rings. The van der Waals surface area contributed by atoms with Gasteiger partial charge in [-0.15, -0.1) is 0 Å². The van der Waals surface area contributed by atoms with Crippen LogP contribution < -0.4 is 10.6 Å². The lowest BCUT2D eigenvalue weighted by Crippen LogP contribution is -2.28. The fourth-order valence-electron chi connectivity index (χ4n) is 6.20. The van der Waals surface area contributed by atoms with Gasteiger partial charge in [-0.05, 0) is 85.2 Å². The Labute approximate surface area is 288 Å². The summed E-state index contributed by atoms with van der Waals surface area (Å²) in [6.07, 6.45) is 34.5. The molecule has 274 valence electrons. The quantitative estimate of drug-likeness (QED) is 0.0657. The second-order valence-corrected chi connectivity index (χ2v) is 14.3. The van der Waals surface area contributed by atoms with Gasteiger partial charge in [-0.3, -0.25) is 9.59 Å². The van der Waals surface area contributed by atoms with Crippen LogP contribution in [0.2, 0.25) is 0 Å². The Balaban J connectivity index is 3.40. The van der Waals surface area contributed by atoms with E-state index < -0.39 is 0 Å². The number of hydrogen-bond acceptors (Lipinski definition) is 4. The van der Waals surface area contributed by atoms with Crippen LogP contribution in [-0.2, 0) is 9.59 Å². The van der Waals surface area contributed by atoms with Crippen LogP contribution >= 0.6 is 0 Å². The highest BCUT2D eigenvalue weighted by molar-refractivity contribution is 5.76. The number of amides is 2. The van der Waals surface area contributed by atoms with Gasteiger partial charge >= 0.3 is 0 Å². The summed E-state index contributed by atoms with van der Waals surface area (Å²) in [5, 5.41) is 6.24. The normalized spacial score (nSPS) is 11.5. The van der Waals surface area contributed by atoms with Crippen LogP contribution in [0.3, 0.4) is 0 Å². The first-order chi connectivity index (χ1) is 22.5. The van der Waals surface area contributed by atoms with Crippen LogP contribution in [0, 0.1) is 0 Å². The summed E-state index contributed by atoms with van der Waals surface area (Å²) in [5.74, 6) is 0.477. The van der Waals surface area contributed by atoms with Gasteiger partial charge in [0.05, 0.1) is 0 Å². The Bertz CT molecular complexity index is 645. The molecule has 6 heteroatoms. The van der Waals surface area contributed by atoms with Crippen molar-refractivity contribution in [3.8, 4) is 0 Å². The minimum atomic E-state index is 0.236. The molecule has 0 spiro atoms. The first kappa shape index (κ1) is 44.9. The standard InChI is InChI=1S/C40H82N4O2/c1-5-7-9-11-13-15-17-20-24-31-39(45)41-33-26-29-37-43(3)35-27-22-19-23-28-36-44(4)38-30-34-42-40(46)32-25-21-18-16-14-12-10-8-6-2/h5-38H2,1-4H3,(H,41,45)(H,42,46). The van der Waals surface area contributed by atoms with Crippen molar-refractivity contribution in [2.24, 2.45) is 0 Å². The molecule has 0 saturated heterocycles. The van der Waals surface area contributed by atoms with Crippen LogP contribution in [0.4, 0.5) is 0 Å². The van der Waals surface area contributed by atoms with Crippen molar-refractivity contribution >= 4 is 11.8 Å². The molecular formula is C40H82N4O2.